The first-order valence-electron chi connectivity index (χ1n) is 3.63. The number of rotatable bonds is 2. The predicted molar refractivity (Wildman–Crippen MR) is 52.1 cm³/mol. The first-order chi connectivity index (χ1) is 5.61. The van der Waals surface area contributed by atoms with E-state index < -0.39 is 11.9 Å². The van der Waals surface area contributed by atoms with Gasteiger partial charge in [-0.2, -0.15) is 0 Å². The minimum Gasteiger partial charge on any atom is -0.386 e. The minimum atomic E-state index is -0.635. The highest BCUT2D eigenvalue weighted by Gasteiger charge is 2.07. The number of esters is 2. The standard InChI is InChI=1S/C9H12O3.CH4/c1-4-6-8(10)12-9(11)7(3)5-2;/h4-6H,1-3H3;1H4/b6-4+,7-5+;. The molecule has 0 bridgehead atoms. The van der Waals surface area contributed by atoms with E-state index >= 15 is 0 Å². The molecule has 13 heavy (non-hydrogen) atoms. The Morgan fingerprint density at radius 3 is 2.15 bits per heavy atom. The predicted octanol–water partition coefficient (Wildman–Crippen LogP) is 2.23. The minimum absolute atomic E-state index is 0. The number of carbonyl (C=O) groups is 2. The molecule has 3 nitrogen and oxygen atoms in total. The Morgan fingerprint density at radius 1 is 1.23 bits per heavy atom. The maximum atomic E-state index is 10.9. The molecule has 0 fully saturated rings. The highest BCUT2D eigenvalue weighted by molar-refractivity contribution is 5.98. The SMILES string of the molecule is C.C/C=C/C(=O)OC(=O)/C(C)=C/C. The monoisotopic (exact) mass is 184 g/mol. The van der Waals surface area contributed by atoms with Gasteiger partial charge in [-0.25, -0.2) is 9.59 Å². The van der Waals surface area contributed by atoms with Crippen LogP contribution in [0.3, 0.4) is 0 Å². The molecule has 0 aromatic carbocycles. The molecule has 0 unspecified atom stereocenters. The molecule has 74 valence electrons. The van der Waals surface area contributed by atoms with Gasteiger partial charge in [-0.05, 0) is 20.8 Å². The van der Waals surface area contributed by atoms with Gasteiger partial charge in [0.1, 0.15) is 0 Å². The summed E-state index contributed by atoms with van der Waals surface area (Å²) in [7, 11) is 0. The quantitative estimate of drug-likeness (QED) is 0.375. The third-order valence-corrected chi connectivity index (χ3v) is 1.25. The van der Waals surface area contributed by atoms with E-state index in [0.29, 0.717) is 5.57 Å². The average Bonchev–Trinajstić information content (AvgIpc) is 2.03. The zero-order valence-electron chi connectivity index (χ0n) is 7.46. The van der Waals surface area contributed by atoms with Crippen LogP contribution in [0.5, 0.6) is 0 Å². The van der Waals surface area contributed by atoms with Crippen molar-refractivity contribution in [3.63, 3.8) is 0 Å². The Bertz CT molecular complexity index is 237. The summed E-state index contributed by atoms with van der Waals surface area (Å²) in [5.74, 6) is -1.23. The van der Waals surface area contributed by atoms with Crippen LogP contribution in [-0.2, 0) is 14.3 Å². The molecule has 0 aliphatic heterocycles. The van der Waals surface area contributed by atoms with Gasteiger partial charge in [0.25, 0.3) is 0 Å². The highest BCUT2D eigenvalue weighted by Crippen LogP contribution is 1.96. The van der Waals surface area contributed by atoms with Gasteiger partial charge in [-0.3, -0.25) is 0 Å². The molecular weight excluding hydrogens is 168 g/mol. The van der Waals surface area contributed by atoms with E-state index in [1.165, 1.54) is 12.2 Å². The summed E-state index contributed by atoms with van der Waals surface area (Å²) in [6.45, 7) is 4.97. The molecule has 0 rings (SSSR count). The molecule has 0 aromatic rings. The topological polar surface area (TPSA) is 43.4 Å². The molecule has 0 heterocycles. The van der Waals surface area contributed by atoms with Crippen molar-refractivity contribution in [2.75, 3.05) is 0 Å². The van der Waals surface area contributed by atoms with Gasteiger partial charge in [0.15, 0.2) is 0 Å². The van der Waals surface area contributed by atoms with Crippen LogP contribution >= 0.6 is 0 Å². The van der Waals surface area contributed by atoms with Crippen LogP contribution < -0.4 is 0 Å². The molecule has 0 atom stereocenters. The second kappa shape index (κ2) is 7.28. The maximum absolute atomic E-state index is 10.9. The first kappa shape index (κ1) is 14.2. The molecule has 0 radical (unpaired) electrons. The zero-order valence-corrected chi connectivity index (χ0v) is 7.46. The lowest BCUT2D eigenvalue weighted by Crippen LogP contribution is -2.10. The Kier molecular flexibility index (Phi) is 7.93. The van der Waals surface area contributed by atoms with E-state index in [4.69, 9.17) is 0 Å². The van der Waals surface area contributed by atoms with Crippen LogP contribution in [0.2, 0.25) is 0 Å². The second-order valence-corrected chi connectivity index (χ2v) is 2.18. The van der Waals surface area contributed by atoms with Crippen LogP contribution in [0, 0.1) is 0 Å². The Morgan fingerprint density at radius 2 is 1.77 bits per heavy atom. The Balaban J connectivity index is 0. The average molecular weight is 184 g/mol. The summed E-state index contributed by atoms with van der Waals surface area (Å²) >= 11 is 0. The lowest BCUT2D eigenvalue weighted by atomic mass is 10.3. The smallest absolute Gasteiger partial charge is 0.341 e. The van der Waals surface area contributed by atoms with Gasteiger partial charge in [-0.1, -0.05) is 19.6 Å². The van der Waals surface area contributed by atoms with Gasteiger partial charge in [0, 0.05) is 11.6 Å². The maximum Gasteiger partial charge on any atom is 0.341 e. The van der Waals surface area contributed by atoms with Crippen molar-refractivity contribution in [2.24, 2.45) is 0 Å². The van der Waals surface area contributed by atoms with Crippen molar-refractivity contribution in [3.8, 4) is 0 Å². The van der Waals surface area contributed by atoms with Crippen LogP contribution in [-0.4, -0.2) is 11.9 Å². The summed E-state index contributed by atoms with van der Waals surface area (Å²) in [5.41, 5.74) is 0.424. The molecule has 0 aliphatic carbocycles. The zero-order chi connectivity index (χ0) is 9.56. The fraction of sp³-hybridized carbons (Fsp3) is 0.400. The Labute approximate surface area is 79.1 Å². The van der Waals surface area contributed by atoms with Crippen molar-refractivity contribution in [1.82, 2.24) is 0 Å². The lowest BCUT2D eigenvalue weighted by Gasteiger charge is -1.97. The molecular formula is C10H16O3. The van der Waals surface area contributed by atoms with Crippen molar-refractivity contribution in [3.05, 3.63) is 23.8 Å². The number of hydrogen-bond acceptors (Lipinski definition) is 3. The van der Waals surface area contributed by atoms with E-state index in [0.717, 1.165) is 0 Å². The summed E-state index contributed by atoms with van der Waals surface area (Å²) in [5, 5.41) is 0. The molecule has 3 heteroatoms. The molecule has 0 N–H and O–H groups in total. The van der Waals surface area contributed by atoms with E-state index in [-0.39, 0.29) is 7.43 Å². The number of allylic oxidation sites excluding steroid dienone is 2. The van der Waals surface area contributed by atoms with Crippen molar-refractivity contribution in [1.29, 1.82) is 0 Å². The van der Waals surface area contributed by atoms with Crippen LogP contribution in [0.25, 0.3) is 0 Å². The summed E-state index contributed by atoms with van der Waals surface area (Å²) < 4.78 is 4.41. The van der Waals surface area contributed by atoms with Gasteiger partial charge < -0.3 is 4.74 Å². The summed E-state index contributed by atoms with van der Waals surface area (Å²) in [6.07, 6.45) is 4.30. The summed E-state index contributed by atoms with van der Waals surface area (Å²) in [6, 6.07) is 0. The first-order valence-corrected chi connectivity index (χ1v) is 3.63. The number of carbonyl (C=O) groups excluding carboxylic acids is 2. The number of ether oxygens (including phenoxy) is 1. The second-order valence-electron chi connectivity index (χ2n) is 2.18. The van der Waals surface area contributed by atoms with Crippen LogP contribution in [0.1, 0.15) is 28.2 Å². The fourth-order valence-corrected chi connectivity index (χ4v) is 0.460. The van der Waals surface area contributed by atoms with Crippen LogP contribution in [0.4, 0.5) is 0 Å². The third-order valence-electron chi connectivity index (χ3n) is 1.25. The molecule has 0 saturated heterocycles. The number of hydrogen-bond donors (Lipinski definition) is 0. The molecule has 0 aliphatic rings. The molecule has 0 saturated carbocycles. The van der Waals surface area contributed by atoms with Crippen molar-refractivity contribution < 1.29 is 14.3 Å². The highest BCUT2D eigenvalue weighted by atomic mass is 16.6. The third kappa shape index (κ3) is 5.84. The van der Waals surface area contributed by atoms with Crippen molar-refractivity contribution >= 4 is 11.9 Å². The van der Waals surface area contributed by atoms with E-state index in [2.05, 4.69) is 4.74 Å². The van der Waals surface area contributed by atoms with E-state index in [9.17, 15) is 9.59 Å². The van der Waals surface area contributed by atoms with Gasteiger partial charge in [0.2, 0.25) is 0 Å². The molecule has 0 amide bonds. The Hall–Kier alpha value is -1.38. The van der Waals surface area contributed by atoms with Crippen molar-refractivity contribution in [2.45, 2.75) is 28.2 Å². The van der Waals surface area contributed by atoms with Gasteiger partial charge in [-0.15, -0.1) is 0 Å². The molecule has 0 aromatic heterocycles. The lowest BCUT2D eigenvalue weighted by molar-refractivity contribution is -0.153. The normalized spacial score (nSPS) is 10.8. The summed E-state index contributed by atoms with van der Waals surface area (Å²) in [4.78, 5) is 21.6. The largest absolute Gasteiger partial charge is 0.386 e. The van der Waals surface area contributed by atoms with Gasteiger partial charge >= 0.3 is 11.9 Å². The fourth-order valence-electron chi connectivity index (χ4n) is 0.460. The van der Waals surface area contributed by atoms with Crippen LogP contribution in [0.15, 0.2) is 23.8 Å². The molecule has 0 spiro atoms. The van der Waals surface area contributed by atoms with E-state index in [1.54, 1.807) is 26.8 Å². The van der Waals surface area contributed by atoms with E-state index in [1.807, 2.05) is 0 Å². The van der Waals surface area contributed by atoms with Gasteiger partial charge in [0.05, 0.1) is 0 Å².